The van der Waals surface area contributed by atoms with E-state index >= 15 is 0 Å². The first kappa shape index (κ1) is 16.7. The molecule has 1 aromatic rings. The Morgan fingerprint density at radius 3 is 2.55 bits per heavy atom. The van der Waals surface area contributed by atoms with E-state index in [1.807, 2.05) is 0 Å². The minimum atomic E-state index is -0.00104. The van der Waals surface area contributed by atoms with Crippen molar-refractivity contribution in [3.8, 4) is 0 Å². The van der Waals surface area contributed by atoms with Crippen molar-refractivity contribution < 1.29 is 0 Å². The molecular formula is C15H28N4O. The highest BCUT2D eigenvalue weighted by atomic mass is 16.1. The predicted molar refractivity (Wildman–Crippen MR) is 84.1 cm³/mol. The molecule has 0 radical (unpaired) electrons. The first-order valence-corrected chi connectivity index (χ1v) is 7.46. The van der Waals surface area contributed by atoms with Gasteiger partial charge in [-0.3, -0.25) is 4.79 Å². The zero-order valence-electron chi connectivity index (χ0n) is 13.2. The van der Waals surface area contributed by atoms with Crippen LogP contribution in [0, 0.1) is 11.8 Å². The average Bonchev–Trinajstić information content (AvgIpc) is 2.36. The molecule has 0 atom stereocenters. The summed E-state index contributed by atoms with van der Waals surface area (Å²) in [5.74, 6) is 1.47. The average molecular weight is 280 g/mol. The second-order valence-electron chi connectivity index (χ2n) is 6.08. The molecule has 0 aliphatic rings. The minimum Gasteiger partial charge on any atom is -0.352 e. The monoisotopic (exact) mass is 280 g/mol. The van der Waals surface area contributed by atoms with Crippen LogP contribution in [-0.4, -0.2) is 29.2 Å². The van der Waals surface area contributed by atoms with Crippen LogP contribution in [0.1, 0.15) is 34.1 Å². The Morgan fingerprint density at radius 2 is 2.00 bits per heavy atom. The third-order valence-corrected chi connectivity index (χ3v) is 2.97. The lowest BCUT2D eigenvalue weighted by Gasteiger charge is -2.25. The topological polar surface area (TPSA) is 64.2 Å². The van der Waals surface area contributed by atoms with Crippen molar-refractivity contribution in [2.24, 2.45) is 17.6 Å². The molecule has 0 unspecified atom stereocenters. The smallest absolute Gasteiger partial charge is 0.293 e. The molecule has 0 saturated heterocycles. The van der Waals surface area contributed by atoms with Gasteiger partial charge >= 0.3 is 0 Å². The van der Waals surface area contributed by atoms with Crippen LogP contribution in [0.25, 0.3) is 0 Å². The summed E-state index contributed by atoms with van der Waals surface area (Å²) in [5, 5.41) is 0. The van der Waals surface area contributed by atoms with E-state index in [4.69, 9.17) is 5.73 Å². The van der Waals surface area contributed by atoms with Crippen LogP contribution in [0.4, 0.5) is 5.82 Å². The van der Waals surface area contributed by atoms with Crippen LogP contribution in [0.2, 0.25) is 0 Å². The molecule has 5 nitrogen and oxygen atoms in total. The van der Waals surface area contributed by atoms with Gasteiger partial charge in [0.15, 0.2) is 5.82 Å². The summed E-state index contributed by atoms with van der Waals surface area (Å²) in [7, 11) is 0. The number of aromatic nitrogens is 2. The predicted octanol–water partition coefficient (Wildman–Crippen LogP) is 1.71. The lowest BCUT2D eigenvalue weighted by Crippen LogP contribution is -2.37. The van der Waals surface area contributed by atoms with Gasteiger partial charge in [0.25, 0.3) is 5.56 Å². The number of anilines is 1. The zero-order chi connectivity index (χ0) is 15.1. The second kappa shape index (κ2) is 8.04. The van der Waals surface area contributed by atoms with Gasteiger partial charge < -0.3 is 15.2 Å². The summed E-state index contributed by atoms with van der Waals surface area (Å²) >= 11 is 0. The molecular weight excluding hydrogens is 252 g/mol. The molecule has 1 aromatic heterocycles. The van der Waals surface area contributed by atoms with Crippen molar-refractivity contribution in [1.82, 2.24) is 9.55 Å². The highest BCUT2D eigenvalue weighted by molar-refractivity contribution is 5.35. The van der Waals surface area contributed by atoms with Crippen LogP contribution in [-0.2, 0) is 6.54 Å². The van der Waals surface area contributed by atoms with Crippen LogP contribution >= 0.6 is 0 Å². The molecule has 0 aliphatic heterocycles. The van der Waals surface area contributed by atoms with Crippen molar-refractivity contribution in [2.75, 3.05) is 24.5 Å². The largest absolute Gasteiger partial charge is 0.352 e. The van der Waals surface area contributed by atoms with Crippen LogP contribution in [0.5, 0.6) is 0 Å². The Morgan fingerprint density at radius 1 is 1.30 bits per heavy atom. The fourth-order valence-electron chi connectivity index (χ4n) is 2.20. The van der Waals surface area contributed by atoms with Crippen molar-refractivity contribution >= 4 is 5.82 Å². The van der Waals surface area contributed by atoms with Crippen molar-refractivity contribution in [2.45, 2.75) is 40.7 Å². The molecule has 0 aliphatic carbocycles. The molecule has 0 bridgehead atoms. The molecule has 0 spiro atoms. The van der Waals surface area contributed by atoms with Gasteiger partial charge in [-0.1, -0.05) is 27.7 Å². The Bertz CT molecular complexity index is 453. The fraction of sp³-hybridized carbons (Fsp3) is 0.733. The van der Waals surface area contributed by atoms with E-state index in [9.17, 15) is 4.79 Å². The first-order valence-electron chi connectivity index (χ1n) is 7.46. The molecule has 0 saturated carbocycles. The van der Waals surface area contributed by atoms with Gasteiger partial charge in [0.2, 0.25) is 0 Å². The van der Waals surface area contributed by atoms with E-state index in [-0.39, 0.29) is 5.56 Å². The van der Waals surface area contributed by atoms with Gasteiger partial charge in [0.1, 0.15) is 0 Å². The summed E-state index contributed by atoms with van der Waals surface area (Å²) in [5.41, 5.74) is 5.59. The molecule has 1 rings (SSSR count). The summed E-state index contributed by atoms with van der Waals surface area (Å²) in [6.07, 6.45) is 4.35. The third kappa shape index (κ3) is 4.96. The number of hydrogen-bond acceptors (Lipinski definition) is 4. The number of nitrogens with two attached hydrogens (primary N) is 1. The SMILES string of the molecule is CC(C)CN(CCCN)c1nccn(CC(C)C)c1=O. The Balaban J connectivity index is 3.03. The van der Waals surface area contributed by atoms with Crippen LogP contribution in [0.15, 0.2) is 17.2 Å². The summed E-state index contributed by atoms with van der Waals surface area (Å²) in [6.45, 7) is 11.5. The van der Waals surface area contributed by atoms with Crippen LogP contribution < -0.4 is 16.2 Å². The van der Waals surface area contributed by atoms with Gasteiger partial charge in [-0.2, -0.15) is 0 Å². The molecule has 0 aromatic carbocycles. The summed E-state index contributed by atoms with van der Waals surface area (Å²) in [4.78, 5) is 18.9. The van der Waals surface area contributed by atoms with Gasteiger partial charge in [-0.05, 0) is 24.8 Å². The van der Waals surface area contributed by atoms with Crippen LogP contribution in [0.3, 0.4) is 0 Å². The third-order valence-electron chi connectivity index (χ3n) is 2.97. The first-order chi connectivity index (χ1) is 9.45. The number of rotatable bonds is 8. The van der Waals surface area contributed by atoms with Crippen molar-refractivity contribution in [3.63, 3.8) is 0 Å². The van der Waals surface area contributed by atoms with E-state index in [0.717, 1.165) is 26.1 Å². The molecule has 0 amide bonds. The molecule has 0 fully saturated rings. The normalized spacial score (nSPS) is 11.3. The van der Waals surface area contributed by atoms with E-state index in [1.54, 1.807) is 17.0 Å². The maximum atomic E-state index is 12.5. The maximum Gasteiger partial charge on any atom is 0.293 e. The standard InChI is InChI=1S/C15H28N4O/c1-12(2)10-18(8-5-6-16)14-15(20)19(9-7-17-14)11-13(3)4/h7,9,12-13H,5-6,8,10-11,16H2,1-4H3. The molecule has 114 valence electrons. The minimum absolute atomic E-state index is 0.00104. The van der Waals surface area contributed by atoms with Crippen molar-refractivity contribution in [1.29, 1.82) is 0 Å². The molecule has 5 heteroatoms. The number of nitrogens with zero attached hydrogens (tertiary/aromatic N) is 3. The van der Waals surface area contributed by atoms with Gasteiger partial charge in [0, 0.05) is 32.0 Å². The highest BCUT2D eigenvalue weighted by Gasteiger charge is 2.15. The Labute approximate surface area is 121 Å². The summed E-state index contributed by atoms with van der Waals surface area (Å²) < 4.78 is 1.75. The quantitative estimate of drug-likeness (QED) is 0.787. The van der Waals surface area contributed by atoms with E-state index in [0.29, 0.717) is 24.2 Å². The lowest BCUT2D eigenvalue weighted by molar-refractivity contribution is 0.505. The second-order valence-corrected chi connectivity index (χ2v) is 6.08. The van der Waals surface area contributed by atoms with Gasteiger partial charge in [0.05, 0.1) is 0 Å². The van der Waals surface area contributed by atoms with Gasteiger partial charge in [-0.25, -0.2) is 4.98 Å². The van der Waals surface area contributed by atoms with Crippen molar-refractivity contribution in [3.05, 3.63) is 22.7 Å². The van der Waals surface area contributed by atoms with Gasteiger partial charge in [-0.15, -0.1) is 0 Å². The highest BCUT2D eigenvalue weighted by Crippen LogP contribution is 2.09. The maximum absolute atomic E-state index is 12.5. The molecule has 1 heterocycles. The number of hydrogen-bond donors (Lipinski definition) is 1. The van der Waals surface area contributed by atoms with E-state index in [1.165, 1.54) is 0 Å². The lowest BCUT2D eigenvalue weighted by atomic mass is 10.2. The fourth-order valence-corrected chi connectivity index (χ4v) is 2.20. The Kier molecular flexibility index (Phi) is 6.71. The summed E-state index contributed by atoms with van der Waals surface area (Å²) in [6, 6.07) is 0. The Hall–Kier alpha value is -1.36. The van der Waals surface area contributed by atoms with E-state index < -0.39 is 0 Å². The zero-order valence-corrected chi connectivity index (χ0v) is 13.2. The van der Waals surface area contributed by atoms with E-state index in [2.05, 4.69) is 37.6 Å². The molecule has 2 N–H and O–H groups in total. The molecule has 20 heavy (non-hydrogen) atoms.